The summed E-state index contributed by atoms with van der Waals surface area (Å²) in [7, 11) is 0. The Labute approximate surface area is 112 Å². The highest BCUT2D eigenvalue weighted by Gasteiger charge is 2.03. The van der Waals surface area contributed by atoms with E-state index in [2.05, 4.69) is 48.0 Å². The van der Waals surface area contributed by atoms with Crippen molar-refractivity contribution >= 4 is 22.2 Å². The quantitative estimate of drug-likeness (QED) is 0.899. The third-order valence-electron chi connectivity index (χ3n) is 3.01. The molecule has 1 aromatic carbocycles. The topological polar surface area (TPSA) is 42.2 Å². The first-order chi connectivity index (χ1) is 8.72. The molecule has 0 amide bonds. The molecule has 0 spiro atoms. The number of aromatic nitrogens is 1. The summed E-state index contributed by atoms with van der Waals surface area (Å²) in [5.74, 6) is 0. The van der Waals surface area contributed by atoms with Gasteiger partial charge >= 0.3 is 0 Å². The molecule has 0 fully saturated rings. The molecular weight excluding hydrogens is 242 g/mol. The standard InChI is InChI=1S/C14H19N3S/c1-3-17(4-2)12-7-5-11(6-8-12)9-13-10-16-14(15)18-13/h5-8,10H,3-4,9H2,1-2H3,(H2,15,16). The predicted octanol–water partition coefficient (Wildman–Crippen LogP) is 3.16. The third-order valence-corrected chi connectivity index (χ3v) is 3.84. The zero-order chi connectivity index (χ0) is 13.0. The van der Waals surface area contributed by atoms with E-state index in [9.17, 15) is 0 Å². The van der Waals surface area contributed by atoms with E-state index in [4.69, 9.17) is 5.73 Å². The molecule has 0 radical (unpaired) electrons. The maximum atomic E-state index is 5.63. The first-order valence-corrected chi connectivity index (χ1v) is 7.08. The molecule has 0 bridgehead atoms. The van der Waals surface area contributed by atoms with Gasteiger partial charge < -0.3 is 10.6 Å². The molecule has 18 heavy (non-hydrogen) atoms. The Hall–Kier alpha value is -1.55. The zero-order valence-electron chi connectivity index (χ0n) is 10.9. The second-order valence-electron chi connectivity index (χ2n) is 4.18. The van der Waals surface area contributed by atoms with E-state index in [1.165, 1.54) is 16.1 Å². The fraction of sp³-hybridized carbons (Fsp3) is 0.357. The first kappa shape index (κ1) is 12.9. The summed E-state index contributed by atoms with van der Waals surface area (Å²) < 4.78 is 0. The van der Waals surface area contributed by atoms with E-state index in [0.29, 0.717) is 5.13 Å². The van der Waals surface area contributed by atoms with Gasteiger partial charge in [-0.15, -0.1) is 11.3 Å². The Balaban J connectivity index is 2.07. The molecule has 0 saturated heterocycles. The number of thiazole rings is 1. The second kappa shape index (κ2) is 5.87. The summed E-state index contributed by atoms with van der Waals surface area (Å²) in [4.78, 5) is 7.63. The fourth-order valence-corrected chi connectivity index (χ4v) is 2.74. The molecule has 4 heteroatoms. The third kappa shape index (κ3) is 3.01. The van der Waals surface area contributed by atoms with Crippen LogP contribution in [0.5, 0.6) is 0 Å². The van der Waals surface area contributed by atoms with Crippen LogP contribution in [0.4, 0.5) is 10.8 Å². The van der Waals surface area contributed by atoms with Gasteiger partial charge in [-0.25, -0.2) is 4.98 Å². The van der Waals surface area contributed by atoms with Crippen molar-refractivity contribution in [3.63, 3.8) is 0 Å². The molecule has 0 saturated carbocycles. The molecule has 0 atom stereocenters. The molecule has 1 aromatic heterocycles. The van der Waals surface area contributed by atoms with Gasteiger partial charge in [0.2, 0.25) is 0 Å². The van der Waals surface area contributed by atoms with Crippen LogP contribution < -0.4 is 10.6 Å². The molecule has 2 rings (SSSR count). The SMILES string of the molecule is CCN(CC)c1ccc(Cc2cnc(N)s2)cc1. The predicted molar refractivity (Wildman–Crippen MR) is 79.3 cm³/mol. The van der Waals surface area contributed by atoms with Crippen molar-refractivity contribution in [3.8, 4) is 0 Å². The van der Waals surface area contributed by atoms with Crippen LogP contribution in [0.2, 0.25) is 0 Å². The molecule has 2 aromatic rings. The monoisotopic (exact) mass is 261 g/mol. The van der Waals surface area contributed by atoms with Gasteiger partial charge in [0.1, 0.15) is 0 Å². The highest BCUT2D eigenvalue weighted by atomic mass is 32.1. The summed E-state index contributed by atoms with van der Waals surface area (Å²) >= 11 is 1.56. The summed E-state index contributed by atoms with van der Waals surface area (Å²) in [6.07, 6.45) is 2.77. The van der Waals surface area contributed by atoms with Crippen LogP contribution in [-0.2, 0) is 6.42 Å². The molecule has 96 valence electrons. The van der Waals surface area contributed by atoms with E-state index in [0.717, 1.165) is 19.5 Å². The number of nitrogens with two attached hydrogens (primary N) is 1. The van der Waals surface area contributed by atoms with E-state index in [1.54, 1.807) is 11.3 Å². The molecular formula is C14H19N3S. The van der Waals surface area contributed by atoms with Gasteiger partial charge in [0.25, 0.3) is 0 Å². The van der Waals surface area contributed by atoms with Crippen LogP contribution in [0, 0.1) is 0 Å². The Morgan fingerprint density at radius 2 is 1.83 bits per heavy atom. The number of benzene rings is 1. The maximum absolute atomic E-state index is 5.63. The molecule has 0 unspecified atom stereocenters. The van der Waals surface area contributed by atoms with E-state index in [-0.39, 0.29) is 0 Å². The lowest BCUT2D eigenvalue weighted by atomic mass is 10.1. The van der Waals surface area contributed by atoms with Crippen molar-refractivity contribution in [2.24, 2.45) is 0 Å². The van der Waals surface area contributed by atoms with Gasteiger partial charge in [-0.3, -0.25) is 0 Å². The van der Waals surface area contributed by atoms with Crippen LogP contribution in [0.3, 0.4) is 0 Å². The highest BCUT2D eigenvalue weighted by Crippen LogP contribution is 2.20. The van der Waals surface area contributed by atoms with Crippen molar-refractivity contribution in [1.82, 2.24) is 4.98 Å². The lowest BCUT2D eigenvalue weighted by Crippen LogP contribution is -2.21. The Morgan fingerprint density at radius 1 is 1.17 bits per heavy atom. The number of hydrogen-bond acceptors (Lipinski definition) is 4. The van der Waals surface area contributed by atoms with E-state index in [1.807, 2.05) is 6.20 Å². The van der Waals surface area contributed by atoms with Crippen LogP contribution in [-0.4, -0.2) is 18.1 Å². The average Bonchev–Trinajstić information content (AvgIpc) is 2.78. The summed E-state index contributed by atoms with van der Waals surface area (Å²) in [5.41, 5.74) is 8.22. The van der Waals surface area contributed by atoms with Crippen molar-refractivity contribution in [2.45, 2.75) is 20.3 Å². The number of hydrogen-bond donors (Lipinski definition) is 1. The minimum Gasteiger partial charge on any atom is -0.375 e. The highest BCUT2D eigenvalue weighted by molar-refractivity contribution is 7.15. The molecule has 0 aliphatic carbocycles. The lowest BCUT2D eigenvalue weighted by Gasteiger charge is -2.21. The van der Waals surface area contributed by atoms with Crippen molar-refractivity contribution in [2.75, 3.05) is 23.7 Å². The number of nitrogens with zero attached hydrogens (tertiary/aromatic N) is 2. The molecule has 0 aliphatic rings. The largest absolute Gasteiger partial charge is 0.375 e. The Kier molecular flexibility index (Phi) is 4.20. The van der Waals surface area contributed by atoms with Gasteiger partial charge in [0, 0.05) is 36.3 Å². The van der Waals surface area contributed by atoms with Crippen molar-refractivity contribution < 1.29 is 0 Å². The number of anilines is 2. The second-order valence-corrected chi connectivity index (χ2v) is 5.33. The summed E-state index contributed by atoms with van der Waals surface area (Å²) in [6.45, 7) is 6.44. The minimum atomic E-state index is 0.643. The van der Waals surface area contributed by atoms with E-state index < -0.39 is 0 Å². The Bertz CT molecular complexity index is 486. The molecule has 3 nitrogen and oxygen atoms in total. The van der Waals surface area contributed by atoms with Gasteiger partial charge in [-0.1, -0.05) is 12.1 Å². The zero-order valence-corrected chi connectivity index (χ0v) is 11.7. The van der Waals surface area contributed by atoms with Crippen LogP contribution in [0.15, 0.2) is 30.5 Å². The van der Waals surface area contributed by atoms with Gasteiger partial charge in [-0.05, 0) is 31.5 Å². The Morgan fingerprint density at radius 3 is 2.33 bits per heavy atom. The smallest absolute Gasteiger partial charge is 0.180 e. The summed E-state index contributed by atoms with van der Waals surface area (Å²) in [5, 5.41) is 0.643. The normalized spacial score (nSPS) is 10.6. The summed E-state index contributed by atoms with van der Waals surface area (Å²) in [6, 6.07) is 8.74. The number of rotatable bonds is 5. The first-order valence-electron chi connectivity index (χ1n) is 6.27. The maximum Gasteiger partial charge on any atom is 0.180 e. The molecule has 0 aliphatic heterocycles. The lowest BCUT2D eigenvalue weighted by molar-refractivity contribution is 0.866. The van der Waals surface area contributed by atoms with Crippen LogP contribution in [0.1, 0.15) is 24.3 Å². The van der Waals surface area contributed by atoms with E-state index >= 15 is 0 Å². The average molecular weight is 261 g/mol. The van der Waals surface area contributed by atoms with Gasteiger partial charge in [0.15, 0.2) is 5.13 Å². The molecule has 2 N–H and O–H groups in total. The van der Waals surface area contributed by atoms with Crippen LogP contribution >= 0.6 is 11.3 Å². The minimum absolute atomic E-state index is 0.643. The fourth-order valence-electron chi connectivity index (χ4n) is 2.02. The van der Waals surface area contributed by atoms with Gasteiger partial charge in [-0.2, -0.15) is 0 Å². The van der Waals surface area contributed by atoms with Crippen molar-refractivity contribution in [3.05, 3.63) is 40.9 Å². The molecule has 1 heterocycles. The van der Waals surface area contributed by atoms with Gasteiger partial charge in [0.05, 0.1) is 0 Å². The van der Waals surface area contributed by atoms with Crippen LogP contribution in [0.25, 0.3) is 0 Å². The van der Waals surface area contributed by atoms with Crippen molar-refractivity contribution in [1.29, 1.82) is 0 Å². The number of nitrogen functional groups attached to an aromatic ring is 1.